The molecule has 0 aromatic rings. The average Bonchev–Trinajstić information content (AvgIpc) is 2.99. The predicted octanol–water partition coefficient (Wildman–Crippen LogP) is 3.32. The van der Waals surface area contributed by atoms with Gasteiger partial charge >= 0.3 is 0 Å². The highest BCUT2D eigenvalue weighted by molar-refractivity contribution is 5.09. The second kappa shape index (κ2) is 4.73. The summed E-state index contributed by atoms with van der Waals surface area (Å²) in [5, 5.41) is 4.02. The predicted molar refractivity (Wildman–Crippen MR) is 79.3 cm³/mol. The maximum absolute atomic E-state index is 4.02. The highest BCUT2D eigenvalue weighted by atomic mass is 15.3. The summed E-state index contributed by atoms with van der Waals surface area (Å²) >= 11 is 0. The second-order valence-electron chi connectivity index (χ2n) is 7.95. The molecule has 19 heavy (non-hydrogen) atoms. The van der Waals surface area contributed by atoms with Crippen molar-refractivity contribution in [3.05, 3.63) is 0 Å². The van der Waals surface area contributed by atoms with Gasteiger partial charge < -0.3 is 5.32 Å². The standard InChI is InChI=1S/C17H30N2/c1-2-9-16(8-1)14-19(12-15-6-5-7-15)17(13-18-16)10-3-4-11-17/h15,18H,1-14H2. The first-order chi connectivity index (χ1) is 9.30. The van der Waals surface area contributed by atoms with Gasteiger partial charge in [0.05, 0.1) is 0 Å². The van der Waals surface area contributed by atoms with Crippen molar-refractivity contribution < 1.29 is 0 Å². The molecule has 0 amide bonds. The summed E-state index contributed by atoms with van der Waals surface area (Å²) in [5.41, 5.74) is 1.07. The minimum absolute atomic E-state index is 0.511. The van der Waals surface area contributed by atoms with Crippen molar-refractivity contribution in [1.29, 1.82) is 0 Å². The summed E-state index contributed by atoms with van der Waals surface area (Å²) in [4.78, 5) is 2.98. The summed E-state index contributed by atoms with van der Waals surface area (Å²) in [6.45, 7) is 4.08. The molecule has 4 aliphatic rings. The van der Waals surface area contributed by atoms with Crippen LogP contribution < -0.4 is 5.32 Å². The molecule has 4 fully saturated rings. The fourth-order valence-corrected chi connectivity index (χ4v) is 5.21. The molecule has 0 atom stereocenters. The Hall–Kier alpha value is -0.0800. The van der Waals surface area contributed by atoms with E-state index in [1.165, 1.54) is 90.3 Å². The van der Waals surface area contributed by atoms with Crippen LogP contribution in [0.1, 0.15) is 70.6 Å². The highest BCUT2D eigenvalue weighted by Gasteiger charge is 2.49. The van der Waals surface area contributed by atoms with Crippen LogP contribution in [-0.2, 0) is 0 Å². The molecule has 0 unspecified atom stereocenters. The number of piperazine rings is 1. The van der Waals surface area contributed by atoms with Crippen LogP contribution >= 0.6 is 0 Å². The van der Waals surface area contributed by atoms with Gasteiger partial charge in [0.2, 0.25) is 0 Å². The molecular formula is C17H30N2. The van der Waals surface area contributed by atoms with Gasteiger partial charge in [0.15, 0.2) is 0 Å². The molecule has 0 aromatic carbocycles. The smallest absolute Gasteiger partial charge is 0.0335 e. The van der Waals surface area contributed by atoms with Gasteiger partial charge in [-0.05, 0) is 44.4 Å². The third-order valence-corrected chi connectivity index (χ3v) is 6.76. The minimum atomic E-state index is 0.511. The molecule has 3 saturated carbocycles. The summed E-state index contributed by atoms with van der Waals surface area (Å²) in [7, 11) is 0. The zero-order chi connectivity index (χ0) is 12.8. The first-order valence-corrected chi connectivity index (χ1v) is 8.81. The maximum Gasteiger partial charge on any atom is 0.0335 e. The Kier molecular flexibility index (Phi) is 3.15. The van der Waals surface area contributed by atoms with Crippen LogP contribution in [0.15, 0.2) is 0 Å². The van der Waals surface area contributed by atoms with Crippen LogP contribution in [0.25, 0.3) is 0 Å². The van der Waals surface area contributed by atoms with E-state index in [4.69, 9.17) is 0 Å². The van der Waals surface area contributed by atoms with E-state index in [2.05, 4.69) is 10.2 Å². The number of nitrogens with one attached hydrogen (secondary N) is 1. The SMILES string of the molecule is C1CC(CN2CC3(CCCC3)NCC23CCCC3)C1. The molecule has 1 heterocycles. The van der Waals surface area contributed by atoms with Crippen molar-refractivity contribution in [2.45, 2.75) is 81.7 Å². The third-order valence-electron chi connectivity index (χ3n) is 6.76. The first-order valence-electron chi connectivity index (χ1n) is 8.81. The minimum Gasteiger partial charge on any atom is -0.308 e. The van der Waals surface area contributed by atoms with Gasteiger partial charge in [-0.2, -0.15) is 0 Å². The van der Waals surface area contributed by atoms with Crippen molar-refractivity contribution >= 4 is 0 Å². The Labute approximate surface area is 118 Å². The van der Waals surface area contributed by atoms with Crippen LogP contribution in [0.4, 0.5) is 0 Å². The number of hydrogen-bond acceptors (Lipinski definition) is 2. The molecule has 2 heteroatoms. The van der Waals surface area contributed by atoms with E-state index in [-0.39, 0.29) is 0 Å². The molecule has 0 bridgehead atoms. The molecule has 2 nitrogen and oxygen atoms in total. The third kappa shape index (κ3) is 2.15. The van der Waals surface area contributed by atoms with Crippen LogP contribution in [0.3, 0.4) is 0 Å². The van der Waals surface area contributed by atoms with Crippen molar-refractivity contribution in [3.63, 3.8) is 0 Å². The van der Waals surface area contributed by atoms with Crippen molar-refractivity contribution in [2.75, 3.05) is 19.6 Å². The molecule has 1 N–H and O–H groups in total. The maximum atomic E-state index is 4.02. The molecule has 0 radical (unpaired) electrons. The van der Waals surface area contributed by atoms with Gasteiger partial charge in [-0.25, -0.2) is 0 Å². The Morgan fingerprint density at radius 3 is 2.21 bits per heavy atom. The van der Waals surface area contributed by atoms with Crippen LogP contribution in [-0.4, -0.2) is 35.6 Å². The molecule has 108 valence electrons. The van der Waals surface area contributed by atoms with Gasteiger partial charge in [0, 0.05) is 30.7 Å². The Bertz CT molecular complexity index is 322. The van der Waals surface area contributed by atoms with Crippen LogP contribution in [0, 0.1) is 5.92 Å². The quantitative estimate of drug-likeness (QED) is 0.821. The zero-order valence-corrected chi connectivity index (χ0v) is 12.4. The topological polar surface area (TPSA) is 15.3 Å². The van der Waals surface area contributed by atoms with Gasteiger partial charge in [-0.1, -0.05) is 32.1 Å². The van der Waals surface area contributed by atoms with Gasteiger partial charge in [-0.15, -0.1) is 0 Å². The summed E-state index contributed by atoms with van der Waals surface area (Å²) < 4.78 is 0. The molecule has 4 rings (SSSR count). The first kappa shape index (κ1) is 12.6. The monoisotopic (exact) mass is 262 g/mol. The lowest BCUT2D eigenvalue weighted by molar-refractivity contribution is -0.0105. The normalized spacial score (nSPS) is 34.1. The molecule has 0 aromatic heterocycles. The number of nitrogens with zero attached hydrogens (tertiary/aromatic N) is 1. The van der Waals surface area contributed by atoms with Gasteiger partial charge in [-0.3, -0.25) is 4.90 Å². The molecule has 1 saturated heterocycles. The number of hydrogen-bond donors (Lipinski definition) is 1. The fraction of sp³-hybridized carbons (Fsp3) is 1.00. The molecule has 1 aliphatic heterocycles. The summed E-state index contributed by atoms with van der Waals surface area (Å²) in [5.74, 6) is 1.04. The average molecular weight is 262 g/mol. The Morgan fingerprint density at radius 2 is 1.58 bits per heavy atom. The zero-order valence-electron chi connectivity index (χ0n) is 12.4. The largest absolute Gasteiger partial charge is 0.308 e. The fourth-order valence-electron chi connectivity index (χ4n) is 5.21. The molecule has 3 aliphatic carbocycles. The lowest BCUT2D eigenvalue weighted by Gasteiger charge is -2.54. The van der Waals surface area contributed by atoms with E-state index in [0.717, 1.165) is 5.92 Å². The van der Waals surface area contributed by atoms with Crippen molar-refractivity contribution in [2.24, 2.45) is 5.92 Å². The molecule has 2 spiro atoms. The second-order valence-corrected chi connectivity index (χ2v) is 7.95. The van der Waals surface area contributed by atoms with E-state index >= 15 is 0 Å². The van der Waals surface area contributed by atoms with Crippen molar-refractivity contribution in [1.82, 2.24) is 10.2 Å². The van der Waals surface area contributed by atoms with E-state index < -0.39 is 0 Å². The van der Waals surface area contributed by atoms with E-state index in [0.29, 0.717) is 11.1 Å². The van der Waals surface area contributed by atoms with Crippen LogP contribution in [0.5, 0.6) is 0 Å². The Morgan fingerprint density at radius 1 is 0.895 bits per heavy atom. The van der Waals surface area contributed by atoms with Gasteiger partial charge in [0.1, 0.15) is 0 Å². The number of rotatable bonds is 2. The Balaban J connectivity index is 1.52. The highest BCUT2D eigenvalue weighted by Crippen LogP contribution is 2.43. The van der Waals surface area contributed by atoms with E-state index in [1.807, 2.05) is 0 Å². The lowest BCUT2D eigenvalue weighted by Crippen LogP contribution is -2.69. The van der Waals surface area contributed by atoms with Crippen molar-refractivity contribution in [3.8, 4) is 0 Å². The summed E-state index contributed by atoms with van der Waals surface area (Å²) in [6, 6.07) is 0. The molecular weight excluding hydrogens is 232 g/mol. The van der Waals surface area contributed by atoms with Gasteiger partial charge in [0.25, 0.3) is 0 Å². The lowest BCUT2D eigenvalue weighted by atomic mass is 9.80. The van der Waals surface area contributed by atoms with E-state index in [1.54, 1.807) is 0 Å². The van der Waals surface area contributed by atoms with Crippen LogP contribution in [0.2, 0.25) is 0 Å². The van der Waals surface area contributed by atoms with E-state index in [9.17, 15) is 0 Å². The summed E-state index contributed by atoms with van der Waals surface area (Å²) in [6.07, 6.45) is 16.1.